The molecule has 7 heteroatoms. The van der Waals surface area contributed by atoms with Gasteiger partial charge in [0.05, 0.1) is 9.80 Å². The van der Waals surface area contributed by atoms with Gasteiger partial charge in [-0.25, -0.2) is 0 Å². The highest BCUT2D eigenvalue weighted by molar-refractivity contribution is 7.20. The lowest BCUT2D eigenvalue weighted by molar-refractivity contribution is -0.384. The molecule has 1 aromatic heterocycles. The van der Waals surface area contributed by atoms with Crippen LogP contribution in [0, 0.1) is 10.1 Å². The predicted molar refractivity (Wildman–Crippen MR) is 79.1 cm³/mol. The smallest absolute Gasteiger partial charge is 0.270 e. The van der Waals surface area contributed by atoms with Crippen molar-refractivity contribution in [2.75, 3.05) is 13.6 Å². The van der Waals surface area contributed by atoms with E-state index in [1.807, 2.05) is 6.92 Å². The van der Waals surface area contributed by atoms with Gasteiger partial charge in [-0.3, -0.25) is 14.9 Å². The Hall–Kier alpha value is -1.99. The maximum atomic E-state index is 12.3. The van der Waals surface area contributed by atoms with Crippen LogP contribution < -0.4 is 5.73 Å². The Labute approximate surface area is 119 Å². The molecule has 0 bridgehead atoms. The van der Waals surface area contributed by atoms with Crippen LogP contribution in [0.15, 0.2) is 24.3 Å². The Morgan fingerprint density at radius 3 is 2.80 bits per heavy atom. The number of fused-ring (bicyclic) bond motifs is 1. The van der Waals surface area contributed by atoms with Crippen molar-refractivity contribution in [2.45, 2.75) is 13.0 Å². The molecular weight excluding hydrogens is 278 g/mol. The Morgan fingerprint density at radius 2 is 2.20 bits per heavy atom. The van der Waals surface area contributed by atoms with Crippen LogP contribution in [0.25, 0.3) is 10.1 Å². The number of non-ortho nitro benzene ring substituents is 1. The summed E-state index contributed by atoms with van der Waals surface area (Å²) in [6.07, 6.45) is 0. The second-order valence-corrected chi connectivity index (χ2v) is 5.67. The maximum Gasteiger partial charge on any atom is 0.270 e. The Morgan fingerprint density at radius 1 is 1.50 bits per heavy atom. The first-order valence-electron chi connectivity index (χ1n) is 6.09. The molecule has 2 N–H and O–H groups in total. The monoisotopic (exact) mass is 293 g/mol. The molecule has 0 aliphatic rings. The summed E-state index contributed by atoms with van der Waals surface area (Å²) < 4.78 is 0.854. The number of carbonyl (C=O) groups is 1. The lowest BCUT2D eigenvalue weighted by Gasteiger charge is -2.22. The van der Waals surface area contributed by atoms with Crippen LogP contribution in [0.3, 0.4) is 0 Å². The fourth-order valence-electron chi connectivity index (χ4n) is 1.78. The summed E-state index contributed by atoms with van der Waals surface area (Å²) in [5.74, 6) is -0.119. The number of likely N-dealkylation sites (N-methyl/N-ethyl adjacent to an activating group) is 1. The zero-order valence-corrected chi connectivity index (χ0v) is 12.0. The van der Waals surface area contributed by atoms with E-state index in [0.29, 0.717) is 16.8 Å². The molecule has 0 saturated carbocycles. The number of nitro groups is 1. The number of hydrogen-bond donors (Lipinski definition) is 1. The zero-order valence-electron chi connectivity index (χ0n) is 11.2. The van der Waals surface area contributed by atoms with Gasteiger partial charge in [0.25, 0.3) is 11.6 Å². The molecule has 0 spiro atoms. The summed E-state index contributed by atoms with van der Waals surface area (Å²) in [4.78, 5) is 24.7. The summed E-state index contributed by atoms with van der Waals surface area (Å²) in [7, 11) is 1.70. The number of hydrogen-bond acceptors (Lipinski definition) is 5. The number of thiophene rings is 1. The highest BCUT2D eigenvalue weighted by Crippen LogP contribution is 2.29. The first-order valence-corrected chi connectivity index (χ1v) is 6.91. The molecule has 0 fully saturated rings. The zero-order chi connectivity index (χ0) is 14.9. The van der Waals surface area contributed by atoms with Crippen LogP contribution in [0.2, 0.25) is 0 Å². The third-order valence-electron chi connectivity index (χ3n) is 3.24. The SMILES string of the molecule is CC(CN)N(C)C(=O)c1cc2cc([N+](=O)[O-])ccc2s1. The molecule has 6 nitrogen and oxygen atoms in total. The molecule has 0 aliphatic heterocycles. The molecule has 2 rings (SSSR count). The second kappa shape index (κ2) is 5.56. The quantitative estimate of drug-likeness (QED) is 0.691. The van der Waals surface area contributed by atoms with Crippen LogP contribution in [-0.4, -0.2) is 35.4 Å². The van der Waals surface area contributed by atoms with Gasteiger partial charge in [0.1, 0.15) is 0 Å². The lowest BCUT2D eigenvalue weighted by Crippen LogP contribution is -2.39. The number of nitro benzene ring substituents is 1. The number of rotatable bonds is 4. The number of nitrogens with zero attached hydrogens (tertiary/aromatic N) is 2. The maximum absolute atomic E-state index is 12.3. The molecule has 1 amide bonds. The fourth-order valence-corrected chi connectivity index (χ4v) is 2.81. The van der Waals surface area contributed by atoms with Crippen molar-refractivity contribution in [3.05, 3.63) is 39.3 Å². The van der Waals surface area contributed by atoms with Gasteiger partial charge in [-0.2, -0.15) is 0 Å². The highest BCUT2D eigenvalue weighted by atomic mass is 32.1. The highest BCUT2D eigenvalue weighted by Gasteiger charge is 2.19. The average molecular weight is 293 g/mol. The minimum absolute atomic E-state index is 0.0259. The minimum atomic E-state index is -0.443. The van der Waals surface area contributed by atoms with E-state index in [0.717, 1.165) is 4.70 Å². The normalized spacial score (nSPS) is 12.3. The van der Waals surface area contributed by atoms with E-state index >= 15 is 0 Å². The van der Waals surface area contributed by atoms with Crippen molar-refractivity contribution >= 4 is 33.0 Å². The summed E-state index contributed by atoms with van der Waals surface area (Å²) in [6, 6.07) is 6.23. The largest absolute Gasteiger partial charge is 0.337 e. The van der Waals surface area contributed by atoms with Gasteiger partial charge in [0, 0.05) is 41.9 Å². The molecule has 1 aromatic carbocycles. The van der Waals surface area contributed by atoms with Gasteiger partial charge >= 0.3 is 0 Å². The van der Waals surface area contributed by atoms with Crippen molar-refractivity contribution in [1.82, 2.24) is 4.90 Å². The van der Waals surface area contributed by atoms with Gasteiger partial charge in [0.2, 0.25) is 0 Å². The standard InChI is InChI=1S/C13H15N3O3S/c1-8(7-14)15(2)13(17)12-6-9-5-10(16(18)19)3-4-11(9)20-12/h3-6,8H,7,14H2,1-2H3. The Kier molecular flexibility index (Phi) is 4.01. The third-order valence-corrected chi connectivity index (χ3v) is 4.35. The van der Waals surface area contributed by atoms with Crippen molar-refractivity contribution in [1.29, 1.82) is 0 Å². The summed E-state index contributed by atoms with van der Waals surface area (Å²) in [6.45, 7) is 2.26. The van der Waals surface area contributed by atoms with E-state index in [-0.39, 0.29) is 17.6 Å². The lowest BCUT2D eigenvalue weighted by atomic mass is 10.2. The van der Waals surface area contributed by atoms with Crippen LogP contribution in [0.5, 0.6) is 0 Å². The van der Waals surface area contributed by atoms with Crippen LogP contribution in [0.4, 0.5) is 5.69 Å². The van der Waals surface area contributed by atoms with E-state index in [1.165, 1.54) is 23.5 Å². The van der Waals surface area contributed by atoms with Gasteiger partial charge in [-0.05, 0) is 19.1 Å². The van der Waals surface area contributed by atoms with Crippen LogP contribution in [-0.2, 0) is 0 Å². The molecule has 0 radical (unpaired) electrons. The summed E-state index contributed by atoms with van der Waals surface area (Å²) in [5.41, 5.74) is 5.58. The first kappa shape index (κ1) is 14.4. The number of benzene rings is 1. The Bertz CT molecular complexity index is 668. The summed E-state index contributed by atoms with van der Waals surface area (Å²) in [5, 5.41) is 11.5. The second-order valence-electron chi connectivity index (χ2n) is 4.59. The molecule has 106 valence electrons. The van der Waals surface area contributed by atoms with E-state index in [9.17, 15) is 14.9 Å². The fraction of sp³-hybridized carbons (Fsp3) is 0.308. The molecular formula is C13H15N3O3S. The Balaban J connectivity index is 2.36. The molecule has 0 saturated heterocycles. The third kappa shape index (κ3) is 2.63. The average Bonchev–Trinajstić information content (AvgIpc) is 2.87. The minimum Gasteiger partial charge on any atom is -0.337 e. The van der Waals surface area contributed by atoms with E-state index in [2.05, 4.69) is 0 Å². The summed E-state index contributed by atoms with van der Waals surface area (Å²) >= 11 is 1.33. The molecule has 1 unspecified atom stereocenters. The van der Waals surface area contributed by atoms with Crippen molar-refractivity contribution < 1.29 is 9.72 Å². The van der Waals surface area contributed by atoms with Crippen molar-refractivity contribution in [3.63, 3.8) is 0 Å². The molecule has 2 aromatic rings. The van der Waals surface area contributed by atoms with Crippen LogP contribution in [0.1, 0.15) is 16.6 Å². The molecule has 20 heavy (non-hydrogen) atoms. The van der Waals surface area contributed by atoms with Gasteiger partial charge in [-0.15, -0.1) is 11.3 Å². The molecule has 0 aliphatic carbocycles. The van der Waals surface area contributed by atoms with Crippen molar-refractivity contribution in [3.8, 4) is 0 Å². The van der Waals surface area contributed by atoms with Gasteiger partial charge < -0.3 is 10.6 Å². The van der Waals surface area contributed by atoms with Gasteiger partial charge in [0.15, 0.2) is 0 Å². The van der Waals surface area contributed by atoms with E-state index in [4.69, 9.17) is 5.73 Å². The number of carbonyl (C=O) groups excluding carboxylic acids is 1. The van der Waals surface area contributed by atoms with Crippen molar-refractivity contribution in [2.24, 2.45) is 5.73 Å². The van der Waals surface area contributed by atoms with E-state index in [1.54, 1.807) is 24.1 Å². The van der Waals surface area contributed by atoms with Crippen LogP contribution >= 0.6 is 11.3 Å². The number of amides is 1. The first-order chi connectivity index (χ1) is 9.43. The molecule has 1 atom stereocenters. The topological polar surface area (TPSA) is 89.5 Å². The number of nitrogens with two attached hydrogens (primary N) is 1. The predicted octanol–water partition coefficient (Wildman–Crippen LogP) is 2.23. The van der Waals surface area contributed by atoms with Gasteiger partial charge in [-0.1, -0.05) is 0 Å². The molecule has 1 heterocycles. The van der Waals surface area contributed by atoms with E-state index < -0.39 is 4.92 Å².